The summed E-state index contributed by atoms with van der Waals surface area (Å²) < 4.78 is 18.2. The smallest absolute Gasteiger partial charge is 0.125 e. The lowest BCUT2D eigenvalue weighted by Gasteiger charge is -2.03. The zero-order valence-electron chi connectivity index (χ0n) is 10.7. The van der Waals surface area contributed by atoms with E-state index < -0.39 is 0 Å². The van der Waals surface area contributed by atoms with Gasteiger partial charge in [-0.1, -0.05) is 6.07 Å². The van der Waals surface area contributed by atoms with E-state index in [-0.39, 0.29) is 11.6 Å². The molecule has 2 aromatic carbocycles. The van der Waals surface area contributed by atoms with E-state index in [0.29, 0.717) is 17.0 Å². The Morgan fingerprint density at radius 1 is 1.21 bits per heavy atom. The summed E-state index contributed by atoms with van der Waals surface area (Å²) in [5.41, 5.74) is 1.91. The summed E-state index contributed by atoms with van der Waals surface area (Å²) in [6.07, 6.45) is 1.49. The van der Waals surface area contributed by atoms with Crippen LogP contribution in [0.5, 0.6) is 11.5 Å². The third-order valence-electron chi connectivity index (χ3n) is 2.75. The fraction of sp³-hybridized carbons (Fsp3) is 0.133. The second-order valence-corrected chi connectivity index (χ2v) is 4.11. The minimum atomic E-state index is -0.340. The maximum absolute atomic E-state index is 13.1. The lowest BCUT2D eigenvalue weighted by Crippen LogP contribution is -1.87. The van der Waals surface area contributed by atoms with Gasteiger partial charge in [-0.2, -0.15) is 0 Å². The largest absolute Gasteiger partial charge is 0.507 e. The van der Waals surface area contributed by atoms with E-state index in [1.165, 1.54) is 24.4 Å². The highest BCUT2D eigenvalue weighted by Crippen LogP contribution is 2.23. The van der Waals surface area contributed by atoms with E-state index in [1.54, 1.807) is 25.3 Å². The van der Waals surface area contributed by atoms with Crippen LogP contribution in [0.1, 0.15) is 11.1 Å². The van der Waals surface area contributed by atoms with E-state index in [2.05, 4.69) is 4.99 Å². The molecule has 19 heavy (non-hydrogen) atoms. The van der Waals surface area contributed by atoms with Crippen LogP contribution in [0.4, 0.5) is 10.1 Å². The first-order valence-corrected chi connectivity index (χ1v) is 5.77. The van der Waals surface area contributed by atoms with Crippen molar-refractivity contribution in [1.29, 1.82) is 0 Å². The molecule has 1 N–H and O–H groups in total. The molecule has 0 amide bonds. The minimum absolute atomic E-state index is 0.0959. The standard InChI is InChI=1S/C15H14FNO2/c1-10-3-4-12(16)8-14(10)17-9-11-7-13(19-2)5-6-15(11)18/h3-9,18H,1-2H3. The fourth-order valence-corrected chi connectivity index (χ4v) is 1.62. The second-order valence-electron chi connectivity index (χ2n) is 4.11. The van der Waals surface area contributed by atoms with E-state index >= 15 is 0 Å². The predicted octanol–water partition coefficient (Wildman–Crippen LogP) is 3.60. The summed E-state index contributed by atoms with van der Waals surface area (Å²) in [6.45, 7) is 1.84. The molecule has 0 saturated heterocycles. The van der Waals surface area contributed by atoms with Crippen molar-refractivity contribution in [2.45, 2.75) is 6.92 Å². The number of phenolic OH excluding ortho intramolecular Hbond substituents is 1. The van der Waals surface area contributed by atoms with Gasteiger partial charge in [-0.15, -0.1) is 0 Å². The van der Waals surface area contributed by atoms with Crippen LogP contribution in [0.2, 0.25) is 0 Å². The molecule has 4 heteroatoms. The summed E-state index contributed by atoms with van der Waals surface area (Å²) in [7, 11) is 1.55. The van der Waals surface area contributed by atoms with Crippen molar-refractivity contribution in [1.82, 2.24) is 0 Å². The first kappa shape index (κ1) is 13.1. The van der Waals surface area contributed by atoms with Gasteiger partial charge in [0.25, 0.3) is 0 Å². The van der Waals surface area contributed by atoms with Crippen molar-refractivity contribution in [3.05, 3.63) is 53.3 Å². The molecule has 3 nitrogen and oxygen atoms in total. The maximum Gasteiger partial charge on any atom is 0.125 e. The van der Waals surface area contributed by atoms with Crippen LogP contribution < -0.4 is 4.74 Å². The van der Waals surface area contributed by atoms with Gasteiger partial charge in [-0.05, 0) is 42.8 Å². The molecular formula is C15H14FNO2. The highest BCUT2D eigenvalue weighted by molar-refractivity contribution is 5.86. The summed E-state index contributed by atoms with van der Waals surface area (Å²) in [4.78, 5) is 4.19. The van der Waals surface area contributed by atoms with Crippen molar-refractivity contribution in [2.75, 3.05) is 7.11 Å². The quantitative estimate of drug-likeness (QED) is 0.856. The van der Waals surface area contributed by atoms with Gasteiger partial charge in [0.15, 0.2) is 0 Å². The van der Waals surface area contributed by atoms with Crippen molar-refractivity contribution in [3.8, 4) is 11.5 Å². The van der Waals surface area contributed by atoms with Gasteiger partial charge in [-0.25, -0.2) is 4.39 Å². The number of benzene rings is 2. The van der Waals surface area contributed by atoms with E-state index in [0.717, 1.165) is 5.56 Å². The van der Waals surface area contributed by atoms with Gasteiger partial charge < -0.3 is 9.84 Å². The van der Waals surface area contributed by atoms with Gasteiger partial charge in [-0.3, -0.25) is 4.99 Å². The third kappa shape index (κ3) is 3.10. The van der Waals surface area contributed by atoms with Gasteiger partial charge in [0.1, 0.15) is 17.3 Å². The van der Waals surface area contributed by atoms with Gasteiger partial charge >= 0.3 is 0 Å². The Bertz CT molecular complexity index is 624. The van der Waals surface area contributed by atoms with Crippen LogP contribution in [-0.4, -0.2) is 18.4 Å². The van der Waals surface area contributed by atoms with Crippen LogP contribution in [0, 0.1) is 12.7 Å². The number of aliphatic imine (C=N–C) groups is 1. The van der Waals surface area contributed by atoms with Gasteiger partial charge in [0, 0.05) is 11.8 Å². The zero-order chi connectivity index (χ0) is 13.8. The number of rotatable bonds is 3. The molecule has 0 radical (unpaired) electrons. The van der Waals surface area contributed by atoms with Crippen molar-refractivity contribution < 1.29 is 14.2 Å². The van der Waals surface area contributed by atoms with Gasteiger partial charge in [0.05, 0.1) is 12.8 Å². The molecule has 98 valence electrons. The van der Waals surface area contributed by atoms with Crippen molar-refractivity contribution in [3.63, 3.8) is 0 Å². The molecule has 0 spiro atoms. The van der Waals surface area contributed by atoms with Crippen LogP contribution in [0.15, 0.2) is 41.4 Å². The van der Waals surface area contributed by atoms with E-state index in [9.17, 15) is 9.50 Å². The van der Waals surface area contributed by atoms with Gasteiger partial charge in [0.2, 0.25) is 0 Å². The number of hydrogen-bond acceptors (Lipinski definition) is 3. The van der Waals surface area contributed by atoms with E-state index in [1.807, 2.05) is 6.92 Å². The molecule has 0 atom stereocenters. The van der Waals surface area contributed by atoms with Crippen molar-refractivity contribution in [2.24, 2.45) is 4.99 Å². The molecule has 0 aliphatic rings. The number of nitrogens with zero attached hydrogens (tertiary/aromatic N) is 1. The SMILES string of the molecule is COc1ccc(O)c(C=Nc2cc(F)ccc2C)c1. The Labute approximate surface area is 111 Å². The van der Waals surface area contributed by atoms with Crippen LogP contribution in [0.25, 0.3) is 0 Å². The number of aryl methyl sites for hydroxylation is 1. The van der Waals surface area contributed by atoms with Crippen LogP contribution >= 0.6 is 0 Å². The molecule has 0 bridgehead atoms. The van der Waals surface area contributed by atoms with Crippen LogP contribution in [-0.2, 0) is 0 Å². The Hall–Kier alpha value is -2.36. The number of ether oxygens (including phenoxy) is 1. The van der Waals surface area contributed by atoms with Crippen LogP contribution in [0.3, 0.4) is 0 Å². The molecule has 0 heterocycles. The average molecular weight is 259 g/mol. The molecule has 2 rings (SSSR count). The number of hydrogen-bond donors (Lipinski definition) is 1. The minimum Gasteiger partial charge on any atom is -0.507 e. The second kappa shape index (κ2) is 5.52. The molecule has 0 saturated carbocycles. The number of aromatic hydroxyl groups is 1. The molecule has 0 unspecified atom stereocenters. The summed E-state index contributed by atoms with van der Waals surface area (Å²) in [5, 5.41) is 9.71. The number of halogens is 1. The third-order valence-corrected chi connectivity index (χ3v) is 2.75. The number of phenols is 1. The van der Waals surface area contributed by atoms with Crippen molar-refractivity contribution >= 4 is 11.9 Å². The monoisotopic (exact) mass is 259 g/mol. The average Bonchev–Trinajstić information content (AvgIpc) is 2.41. The Morgan fingerprint density at radius 2 is 2.00 bits per heavy atom. The highest BCUT2D eigenvalue weighted by atomic mass is 19.1. The lowest BCUT2D eigenvalue weighted by atomic mass is 10.2. The topological polar surface area (TPSA) is 41.8 Å². The zero-order valence-corrected chi connectivity index (χ0v) is 10.7. The summed E-state index contributed by atoms with van der Waals surface area (Å²) >= 11 is 0. The highest BCUT2D eigenvalue weighted by Gasteiger charge is 2.02. The number of methoxy groups -OCH3 is 1. The molecule has 0 aliphatic carbocycles. The molecule has 0 aliphatic heterocycles. The first-order chi connectivity index (χ1) is 9.10. The summed E-state index contributed by atoms with van der Waals surface area (Å²) in [6, 6.07) is 9.24. The Balaban J connectivity index is 2.34. The Kier molecular flexibility index (Phi) is 3.80. The predicted molar refractivity (Wildman–Crippen MR) is 73.0 cm³/mol. The van der Waals surface area contributed by atoms with E-state index in [4.69, 9.17) is 4.74 Å². The first-order valence-electron chi connectivity index (χ1n) is 5.77. The summed E-state index contributed by atoms with van der Waals surface area (Å²) in [5.74, 6) is 0.376. The fourth-order valence-electron chi connectivity index (χ4n) is 1.62. The lowest BCUT2D eigenvalue weighted by molar-refractivity contribution is 0.412. The molecular weight excluding hydrogens is 245 g/mol. The maximum atomic E-state index is 13.1. The molecule has 0 aromatic heterocycles. The Morgan fingerprint density at radius 3 is 2.74 bits per heavy atom. The molecule has 0 fully saturated rings. The normalized spacial score (nSPS) is 10.9. The molecule has 2 aromatic rings.